The molecule has 0 bridgehead atoms. The van der Waals surface area contributed by atoms with Crippen molar-refractivity contribution in [3.63, 3.8) is 0 Å². The Labute approximate surface area is 127 Å². The molecule has 0 aromatic carbocycles. The molecular weight excluding hydrogens is 290 g/mol. The molecule has 0 aliphatic heterocycles. The van der Waals surface area contributed by atoms with E-state index in [0.717, 1.165) is 31.4 Å². The molecule has 21 heavy (non-hydrogen) atoms. The fourth-order valence-corrected chi connectivity index (χ4v) is 2.83. The Morgan fingerprint density at radius 1 is 1.29 bits per heavy atom. The van der Waals surface area contributed by atoms with Crippen molar-refractivity contribution in [2.24, 2.45) is 0 Å². The Balaban J connectivity index is 1.83. The van der Waals surface area contributed by atoms with Gasteiger partial charge in [0.15, 0.2) is 10.8 Å². The van der Waals surface area contributed by atoms with Gasteiger partial charge in [-0.1, -0.05) is 24.4 Å². The molecule has 0 atom stereocenters. The number of carbonyl (C=O) groups excluding carboxylic acids is 1. The third kappa shape index (κ3) is 3.24. The van der Waals surface area contributed by atoms with Gasteiger partial charge in [0, 0.05) is 6.04 Å². The van der Waals surface area contributed by atoms with Crippen molar-refractivity contribution in [1.29, 1.82) is 0 Å². The summed E-state index contributed by atoms with van der Waals surface area (Å²) in [4.78, 5) is 14.5. The van der Waals surface area contributed by atoms with Gasteiger partial charge in [0.25, 0.3) is 5.91 Å². The molecule has 6 heteroatoms. The van der Waals surface area contributed by atoms with Crippen LogP contribution in [0.25, 0.3) is 0 Å². The number of amides is 1. The fraction of sp³-hybridized carbons (Fsp3) is 0.400. The van der Waals surface area contributed by atoms with Gasteiger partial charge in [-0.25, -0.2) is 0 Å². The summed E-state index contributed by atoms with van der Waals surface area (Å²) in [5.74, 6) is 0.652. The van der Waals surface area contributed by atoms with E-state index < -0.39 is 0 Å². The highest BCUT2D eigenvalue weighted by Crippen LogP contribution is 2.26. The molecule has 1 amide bonds. The lowest BCUT2D eigenvalue weighted by molar-refractivity contribution is 0.0641. The molecule has 0 spiro atoms. The molecule has 2 aromatic heterocycles. The van der Waals surface area contributed by atoms with E-state index >= 15 is 0 Å². The second kappa shape index (κ2) is 6.26. The van der Waals surface area contributed by atoms with E-state index in [-0.39, 0.29) is 17.1 Å². The minimum Gasteiger partial charge on any atom is -0.467 e. The number of furan rings is 1. The summed E-state index contributed by atoms with van der Waals surface area (Å²) in [5.41, 5.74) is 0.317. The molecule has 1 aliphatic carbocycles. The summed E-state index contributed by atoms with van der Waals surface area (Å²) in [6.07, 6.45) is 5.97. The van der Waals surface area contributed by atoms with Gasteiger partial charge in [-0.3, -0.25) is 4.79 Å². The van der Waals surface area contributed by atoms with Crippen LogP contribution in [0.5, 0.6) is 0 Å². The normalized spacial score (nSPS) is 15.3. The van der Waals surface area contributed by atoms with Gasteiger partial charge in [0.1, 0.15) is 5.76 Å². The van der Waals surface area contributed by atoms with E-state index in [4.69, 9.17) is 16.0 Å². The van der Waals surface area contributed by atoms with Crippen LogP contribution in [0.4, 0.5) is 0 Å². The number of hydrogen-bond acceptors (Lipinski definition) is 4. The van der Waals surface area contributed by atoms with Crippen molar-refractivity contribution in [3.8, 4) is 0 Å². The van der Waals surface area contributed by atoms with Crippen LogP contribution in [0.1, 0.15) is 41.9 Å². The molecule has 3 rings (SSSR count). The zero-order chi connectivity index (χ0) is 14.7. The third-order valence-electron chi connectivity index (χ3n) is 3.78. The standard InChI is InChI=1S/C15H16ClN3O2/c16-14-8-7-13(17-18-14)15(20)19(11-4-1-2-5-11)10-12-6-3-9-21-12/h3,6-9,11H,1-2,4-5,10H2. The number of aromatic nitrogens is 2. The molecule has 110 valence electrons. The highest BCUT2D eigenvalue weighted by molar-refractivity contribution is 6.29. The molecule has 2 aromatic rings. The first-order chi connectivity index (χ1) is 10.2. The van der Waals surface area contributed by atoms with Gasteiger partial charge >= 0.3 is 0 Å². The minimum atomic E-state index is -0.123. The first-order valence-electron chi connectivity index (χ1n) is 7.06. The first-order valence-corrected chi connectivity index (χ1v) is 7.44. The van der Waals surface area contributed by atoms with Crippen LogP contribution in [0, 0.1) is 0 Å². The molecule has 1 saturated carbocycles. The average Bonchev–Trinajstić information content (AvgIpc) is 3.18. The highest BCUT2D eigenvalue weighted by atomic mass is 35.5. The second-order valence-electron chi connectivity index (χ2n) is 5.19. The number of halogens is 1. The number of hydrogen-bond donors (Lipinski definition) is 0. The van der Waals surface area contributed by atoms with E-state index in [1.165, 1.54) is 0 Å². The zero-order valence-corrected chi connectivity index (χ0v) is 12.3. The van der Waals surface area contributed by atoms with E-state index in [0.29, 0.717) is 12.2 Å². The predicted octanol–water partition coefficient (Wildman–Crippen LogP) is 3.31. The molecule has 0 radical (unpaired) electrons. The van der Waals surface area contributed by atoms with E-state index in [2.05, 4.69) is 10.2 Å². The molecule has 1 fully saturated rings. The number of rotatable bonds is 4. The predicted molar refractivity (Wildman–Crippen MR) is 77.9 cm³/mol. The lowest BCUT2D eigenvalue weighted by Gasteiger charge is -2.27. The smallest absolute Gasteiger partial charge is 0.275 e. The van der Waals surface area contributed by atoms with Gasteiger partial charge in [0.05, 0.1) is 12.8 Å². The number of carbonyl (C=O) groups is 1. The fourth-order valence-electron chi connectivity index (χ4n) is 2.73. The number of nitrogens with zero attached hydrogens (tertiary/aromatic N) is 3. The summed E-state index contributed by atoms with van der Waals surface area (Å²) in [5, 5.41) is 7.93. The van der Waals surface area contributed by atoms with Crippen molar-refractivity contribution in [2.45, 2.75) is 38.3 Å². The monoisotopic (exact) mass is 305 g/mol. The van der Waals surface area contributed by atoms with Gasteiger partial charge in [-0.05, 0) is 37.1 Å². The largest absolute Gasteiger partial charge is 0.467 e. The zero-order valence-electron chi connectivity index (χ0n) is 11.5. The summed E-state index contributed by atoms with van der Waals surface area (Å²) < 4.78 is 5.38. The summed E-state index contributed by atoms with van der Waals surface area (Å²) in [6, 6.07) is 7.14. The van der Waals surface area contributed by atoms with Crippen LogP contribution in [0.3, 0.4) is 0 Å². The maximum absolute atomic E-state index is 12.7. The molecular formula is C15H16ClN3O2. The van der Waals surface area contributed by atoms with Crippen molar-refractivity contribution < 1.29 is 9.21 Å². The van der Waals surface area contributed by atoms with Crippen molar-refractivity contribution in [1.82, 2.24) is 15.1 Å². The lowest BCUT2D eigenvalue weighted by Crippen LogP contribution is -2.38. The quantitative estimate of drug-likeness (QED) is 0.869. The van der Waals surface area contributed by atoms with Crippen molar-refractivity contribution in [2.75, 3.05) is 0 Å². The molecule has 0 N–H and O–H groups in total. The van der Waals surface area contributed by atoms with Crippen LogP contribution >= 0.6 is 11.6 Å². The topological polar surface area (TPSA) is 59.2 Å². The van der Waals surface area contributed by atoms with Gasteiger partial charge in [-0.15, -0.1) is 10.2 Å². The van der Waals surface area contributed by atoms with Gasteiger partial charge in [-0.2, -0.15) is 0 Å². The van der Waals surface area contributed by atoms with E-state index in [1.807, 2.05) is 17.0 Å². The molecule has 0 saturated heterocycles. The maximum atomic E-state index is 12.7. The molecule has 5 nitrogen and oxygen atoms in total. The summed E-state index contributed by atoms with van der Waals surface area (Å²) >= 11 is 5.72. The average molecular weight is 306 g/mol. The first kappa shape index (κ1) is 14.1. The lowest BCUT2D eigenvalue weighted by atomic mass is 10.2. The Morgan fingerprint density at radius 3 is 2.71 bits per heavy atom. The van der Waals surface area contributed by atoms with Crippen LogP contribution in [0.15, 0.2) is 34.9 Å². The summed E-state index contributed by atoms with van der Waals surface area (Å²) in [6.45, 7) is 0.459. The SMILES string of the molecule is O=C(c1ccc(Cl)nn1)N(Cc1ccco1)C1CCCC1. The van der Waals surface area contributed by atoms with Crippen LogP contribution < -0.4 is 0 Å². The minimum absolute atomic E-state index is 0.123. The Bertz CT molecular complexity index is 592. The van der Waals surface area contributed by atoms with E-state index in [1.54, 1.807) is 18.4 Å². The Hall–Kier alpha value is -1.88. The van der Waals surface area contributed by atoms with Gasteiger partial charge in [0.2, 0.25) is 0 Å². The molecule has 0 unspecified atom stereocenters. The Morgan fingerprint density at radius 2 is 2.10 bits per heavy atom. The third-order valence-corrected chi connectivity index (χ3v) is 3.99. The van der Waals surface area contributed by atoms with Crippen molar-refractivity contribution >= 4 is 17.5 Å². The van der Waals surface area contributed by atoms with Gasteiger partial charge < -0.3 is 9.32 Å². The van der Waals surface area contributed by atoms with Crippen LogP contribution in [-0.2, 0) is 6.54 Å². The summed E-state index contributed by atoms with van der Waals surface area (Å²) in [7, 11) is 0. The Kier molecular flexibility index (Phi) is 4.20. The second-order valence-corrected chi connectivity index (χ2v) is 5.58. The maximum Gasteiger partial charge on any atom is 0.275 e. The van der Waals surface area contributed by atoms with E-state index in [9.17, 15) is 4.79 Å². The van der Waals surface area contributed by atoms with Crippen molar-refractivity contribution in [3.05, 3.63) is 47.1 Å². The van der Waals surface area contributed by atoms with Crippen LogP contribution in [0.2, 0.25) is 5.15 Å². The molecule has 1 aliphatic rings. The van der Waals surface area contributed by atoms with Crippen LogP contribution in [-0.4, -0.2) is 27.0 Å². The highest BCUT2D eigenvalue weighted by Gasteiger charge is 2.29. The molecule has 2 heterocycles.